The Morgan fingerprint density at radius 2 is 1.86 bits per heavy atom. The van der Waals surface area contributed by atoms with Crippen molar-refractivity contribution in [2.45, 2.75) is 26.4 Å². The molecule has 0 aliphatic carbocycles. The van der Waals surface area contributed by atoms with Crippen LogP contribution in [0.5, 0.6) is 0 Å². The maximum atomic E-state index is 14.0. The number of hydrogen-bond donors (Lipinski definition) is 0. The van der Waals surface area contributed by atoms with E-state index < -0.39 is 5.82 Å². The van der Waals surface area contributed by atoms with E-state index in [1.165, 1.54) is 12.1 Å². The summed E-state index contributed by atoms with van der Waals surface area (Å²) in [5, 5.41) is 0. The van der Waals surface area contributed by atoms with Crippen LogP contribution in [0.4, 0.5) is 4.39 Å². The second kappa shape index (κ2) is 6.85. The Morgan fingerprint density at radius 3 is 2.43 bits per heavy atom. The first-order valence-corrected chi connectivity index (χ1v) is 7.58. The molecule has 0 aliphatic heterocycles. The van der Waals surface area contributed by atoms with Crippen molar-refractivity contribution < 1.29 is 9.18 Å². The van der Waals surface area contributed by atoms with Gasteiger partial charge in [0.25, 0.3) is 5.91 Å². The smallest absolute Gasteiger partial charge is 0.257 e. The number of carbonyl (C=O) groups is 1. The molecule has 0 heterocycles. The van der Waals surface area contributed by atoms with Crippen molar-refractivity contribution in [1.29, 1.82) is 0 Å². The number of amides is 1. The molecule has 0 bridgehead atoms. The van der Waals surface area contributed by atoms with Crippen LogP contribution in [0.15, 0.2) is 53.0 Å². The second-order valence-corrected chi connectivity index (χ2v) is 6.05. The molecule has 0 aliphatic rings. The van der Waals surface area contributed by atoms with E-state index in [-0.39, 0.29) is 17.5 Å². The Bertz CT molecular complexity index is 628. The highest BCUT2D eigenvalue weighted by Gasteiger charge is 2.21. The van der Waals surface area contributed by atoms with Gasteiger partial charge in [-0.3, -0.25) is 4.79 Å². The molecule has 0 radical (unpaired) electrons. The van der Waals surface area contributed by atoms with E-state index in [2.05, 4.69) is 15.9 Å². The fourth-order valence-corrected chi connectivity index (χ4v) is 2.42. The first kappa shape index (κ1) is 15.7. The van der Waals surface area contributed by atoms with Crippen LogP contribution in [-0.2, 0) is 6.54 Å². The summed E-state index contributed by atoms with van der Waals surface area (Å²) in [6.45, 7) is 4.32. The SMILES string of the molecule is CC(C)N(Cc1ccccc1)C(=O)c1ccc(Br)cc1F. The molecule has 0 unspecified atom stereocenters. The van der Waals surface area contributed by atoms with Gasteiger partial charge in [-0.1, -0.05) is 46.3 Å². The van der Waals surface area contributed by atoms with E-state index >= 15 is 0 Å². The Balaban J connectivity index is 2.27. The number of hydrogen-bond acceptors (Lipinski definition) is 1. The van der Waals surface area contributed by atoms with Crippen LogP contribution in [0.3, 0.4) is 0 Å². The molecular weight excluding hydrogens is 333 g/mol. The highest BCUT2D eigenvalue weighted by atomic mass is 79.9. The zero-order valence-electron chi connectivity index (χ0n) is 12.0. The molecule has 0 N–H and O–H groups in total. The van der Waals surface area contributed by atoms with Crippen LogP contribution < -0.4 is 0 Å². The molecule has 2 aromatic carbocycles. The quantitative estimate of drug-likeness (QED) is 0.787. The van der Waals surface area contributed by atoms with Crippen molar-refractivity contribution in [3.8, 4) is 0 Å². The Hall–Kier alpha value is -1.68. The van der Waals surface area contributed by atoms with E-state index in [0.29, 0.717) is 11.0 Å². The third-order valence-corrected chi connectivity index (χ3v) is 3.73. The molecule has 2 nitrogen and oxygen atoms in total. The van der Waals surface area contributed by atoms with Crippen molar-refractivity contribution in [3.63, 3.8) is 0 Å². The summed E-state index contributed by atoms with van der Waals surface area (Å²) in [4.78, 5) is 14.3. The predicted octanol–water partition coefficient (Wildman–Crippen LogP) is 4.64. The molecule has 4 heteroatoms. The van der Waals surface area contributed by atoms with Gasteiger partial charge in [-0.2, -0.15) is 0 Å². The van der Waals surface area contributed by atoms with E-state index in [9.17, 15) is 9.18 Å². The normalized spacial score (nSPS) is 10.7. The van der Waals surface area contributed by atoms with Gasteiger partial charge >= 0.3 is 0 Å². The highest BCUT2D eigenvalue weighted by molar-refractivity contribution is 9.10. The zero-order chi connectivity index (χ0) is 15.4. The number of benzene rings is 2. The van der Waals surface area contributed by atoms with Crippen molar-refractivity contribution >= 4 is 21.8 Å². The fraction of sp³-hybridized carbons (Fsp3) is 0.235. The summed E-state index contributed by atoms with van der Waals surface area (Å²) in [7, 11) is 0. The number of carbonyl (C=O) groups excluding carboxylic acids is 1. The van der Waals surface area contributed by atoms with Gasteiger partial charge in [0, 0.05) is 17.1 Å². The lowest BCUT2D eigenvalue weighted by Crippen LogP contribution is -2.36. The molecule has 1 amide bonds. The third kappa shape index (κ3) is 3.91. The standard InChI is InChI=1S/C17H17BrFNO/c1-12(2)20(11-13-6-4-3-5-7-13)17(21)15-9-8-14(18)10-16(15)19/h3-10,12H,11H2,1-2H3. The van der Waals surface area contributed by atoms with Gasteiger partial charge in [0.2, 0.25) is 0 Å². The van der Waals surface area contributed by atoms with Gasteiger partial charge < -0.3 is 4.90 Å². The molecule has 0 spiro atoms. The topological polar surface area (TPSA) is 20.3 Å². The highest BCUT2D eigenvalue weighted by Crippen LogP contribution is 2.19. The zero-order valence-corrected chi connectivity index (χ0v) is 13.6. The molecule has 0 aromatic heterocycles. The van der Waals surface area contributed by atoms with E-state index in [1.807, 2.05) is 44.2 Å². The maximum absolute atomic E-state index is 14.0. The van der Waals surface area contributed by atoms with Crippen molar-refractivity contribution in [3.05, 3.63) is 69.9 Å². The summed E-state index contributed by atoms with van der Waals surface area (Å²) in [6, 6.07) is 14.2. The average Bonchev–Trinajstić information content (AvgIpc) is 2.45. The first-order valence-electron chi connectivity index (χ1n) is 6.79. The lowest BCUT2D eigenvalue weighted by atomic mass is 10.1. The van der Waals surface area contributed by atoms with Crippen LogP contribution in [0, 0.1) is 5.82 Å². The Kier molecular flexibility index (Phi) is 5.12. The lowest BCUT2D eigenvalue weighted by Gasteiger charge is -2.27. The second-order valence-electron chi connectivity index (χ2n) is 5.14. The minimum absolute atomic E-state index is 0.0132. The first-order chi connectivity index (χ1) is 9.99. The van der Waals surface area contributed by atoms with Crippen molar-refractivity contribution in [2.24, 2.45) is 0 Å². The van der Waals surface area contributed by atoms with Crippen LogP contribution >= 0.6 is 15.9 Å². The molecule has 21 heavy (non-hydrogen) atoms. The molecule has 110 valence electrons. The molecular formula is C17H17BrFNO. The summed E-state index contributed by atoms with van der Waals surface area (Å²) >= 11 is 3.20. The summed E-state index contributed by atoms with van der Waals surface area (Å²) < 4.78 is 14.6. The van der Waals surface area contributed by atoms with E-state index in [1.54, 1.807) is 11.0 Å². The van der Waals surface area contributed by atoms with Crippen LogP contribution in [-0.4, -0.2) is 16.8 Å². The minimum atomic E-state index is -0.506. The number of rotatable bonds is 4. The maximum Gasteiger partial charge on any atom is 0.257 e. The lowest BCUT2D eigenvalue weighted by molar-refractivity contribution is 0.0685. The number of halogens is 2. The summed E-state index contributed by atoms with van der Waals surface area (Å²) in [5.41, 5.74) is 1.12. The van der Waals surface area contributed by atoms with Gasteiger partial charge in [-0.15, -0.1) is 0 Å². The van der Waals surface area contributed by atoms with Crippen molar-refractivity contribution in [1.82, 2.24) is 4.90 Å². The van der Waals surface area contributed by atoms with Gasteiger partial charge in [0.05, 0.1) is 5.56 Å². The Labute approximate surface area is 132 Å². The largest absolute Gasteiger partial charge is 0.332 e. The third-order valence-electron chi connectivity index (χ3n) is 3.24. The predicted molar refractivity (Wildman–Crippen MR) is 85.6 cm³/mol. The fourth-order valence-electron chi connectivity index (χ4n) is 2.09. The summed E-state index contributed by atoms with van der Waals surface area (Å²) in [5.74, 6) is -0.799. The number of nitrogens with zero attached hydrogens (tertiary/aromatic N) is 1. The molecule has 2 aromatic rings. The van der Waals surface area contributed by atoms with E-state index in [0.717, 1.165) is 5.56 Å². The monoisotopic (exact) mass is 349 g/mol. The minimum Gasteiger partial charge on any atom is -0.332 e. The molecule has 0 saturated carbocycles. The Morgan fingerprint density at radius 1 is 1.19 bits per heavy atom. The van der Waals surface area contributed by atoms with Gasteiger partial charge in [-0.25, -0.2) is 4.39 Å². The molecule has 0 fully saturated rings. The summed E-state index contributed by atoms with van der Waals surface area (Å²) in [6.07, 6.45) is 0. The van der Waals surface area contributed by atoms with Crippen LogP contribution in [0.1, 0.15) is 29.8 Å². The van der Waals surface area contributed by atoms with Gasteiger partial charge in [0.15, 0.2) is 0 Å². The molecule has 2 rings (SSSR count). The van der Waals surface area contributed by atoms with Crippen LogP contribution in [0.2, 0.25) is 0 Å². The van der Waals surface area contributed by atoms with Crippen LogP contribution in [0.25, 0.3) is 0 Å². The van der Waals surface area contributed by atoms with Crippen molar-refractivity contribution in [2.75, 3.05) is 0 Å². The van der Waals surface area contributed by atoms with Gasteiger partial charge in [-0.05, 0) is 37.6 Å². The molecule has 0 saturated heterocycles. The van der Waals surface area contributed by atoms with E-state index in [4.69, 9.17) is 0 Å². The van der Waals surface area contributed by atoms with Gasteiger partial charge in [0.1, 0.15) is 5.82 Å². The molecule has 0 atom stereocenters. The average molecular weight is 350 g/mol.